The Morgan fingerprint density at radius 3 is 2.73 bits per heavy atom. The number of nitrogens with zero attached hydrogens (tertiary/aromatic N) is 2. The molecule has 0 bridgehead atoms. The van der Waals surface area contributed by atoms with Crippen molar-refractivity contribution in [2.75, 3.05) is 32.0 Å². The van der Waals surface area contributed by atoms with E-state index >= 15 is 0 Å². The van der Waals surface area contributed by atoms with E-state index in [0.717, 1.165) is 19.3 Å². The molecule has 2 heterocycles. The third-order valence-corrected chi connectivity index (χ3v) is 5.25. The maximum absolute atomic E-state index is 12.1. The SMILES string of the molecule is O=C(COc1ccccn1)NCCS(=O)(=O)N1CCCCC1. The third kappa shape index (κ3) is 5.27. The van der Waals surface area contributed by atoms with Crippen molar-refractivity contribution in [1.29, 1.82) is 0 Å². The van der Waals surface area contributed by atoms with Gasteiger partial charge in [0.25, 0.3) is 5.91 Å². The van der Waals surface area contributed by atoms with Gasteiger partial charge in [-0.15, -0.1) is 0 Å². The molecule has 2 rings (SSSR count). The third-order valence-electron chi connectivity index (χ3n) is 3.38. The number of aromatic nitrogens is 1. The van der Waals surface area contributed by atoms with Crippen LogP contribution in [-0.2, 0) is 14.8 Å². The summed E-state index contributed by atoms with van der Waals surface area (Å²) < 4.78 is 30.9. The van der Waals surface area contributed by atoms with Crippen molar-refractivity contribution >= 4 is 15.9 Å². The molecule has 7 nitrogen and oxygen atoms in total. The maximum Gasteiger partial charge on any atom is 0.258 e. The van der Waals surface area contributed by atoms with Crippen molar-refractivity contribution < 1.29 is 17.9 Å². The average Bonchev–Trinajstić information content (AvgIpc) is 2.54. The van der Waals surface area contributed by atoms with Crippen LogP contribution >= 0.6 is 0 Å². The highest BCUT2D eigenvalue weighted by Gasteiger charge is 2.23. The molecule has 0 radical (unpaired) electrons. The van der Waals surface area contributed by atoms with E-state index in [-0.39, 0.29) is 24.8 Å². The van der Waals surface area contributed by atoms with E-state index in [2.05, 4.69) is 10.3 Å². The number of pyridine rings is 1. The molecule has 22 heavy (non-hydrogen) atoms. The van der Waals surface area contributed by atoms with Crippen LogP contribution in [0.15, 0.2) is 24.4 Å². The second-order valence-corrected chi connectivity index (χ2v) is 7.17. The second kappa shape index (κ2) is 8.09. The Kier molecular flexibility index (Phi) is 6.14. The lowest BCUT2D eigenvalue weighted by atomic mass is 10.2. The van der Waals surface area contributed by atoms with Gasteiger partial charge in [0, 0.05) is 31.9 Å². The van der Waals surface area contributed by atoms with Crippen molar-refractivity contribution in [2.24, 2.45) is 0 Å². The standard InChI is InChI=1S/C14H21N3O4S/c18-13(12-21-14-6-2-3-7-16-14)15-8-11-22(19,20)17-9-4-1-5-10-17/h2-3,6-7H,1,4-5,8-12H2,(H,15,18). The fourth-order valence-electron chi connectivity index (χ4n) is 2.21. The molecule has 1 aliphatic rings. The predicted molar refractivity (Wildman–Crippen MR) is 82.0 cm³/mol. The smallest absolute Gasteiger partial charge is 0.258 e. The fraction of sp³-hybridized carbons (Fsp3) is 0.571. The zero-order valence-electron chi connectivity index (χ0n) is 12.4. The molecule has 1 aliphatic heterocycles. The summed E-state index contributed by atoms with van der Waals surface area (Å²) >= 11 is 0. The van der Waals surface area contributed by atoms with Crippen LogP contribution in [0.25, 0.3) is 0 Å². The molecule has 0 saturated carbocycles. The summed E-state index contributed by atoms with van der Waals surface area (Å²) in [6.45, 7) is 1.07. The van der Waals surface area contributed by atoms with Gasteiger partial charge in [-0.1, -0.05) is 12.5 Å². The first kappa shape index (κ1) is 16.7. The van der Waals surface area contributed by atoms with Crippen LogP contribution in [0.1, 0.15) is 19.3 Å². The largest absolute Gasteiger partial charge is 0.468 e. The van der Waals surface area contributed by atoms with E-state index < -0.39 is 10.0 Å². The van der Waals surface area contributed by atoms with Crippen LogP contribution < -0.4 is 10.1 Å². The Hall–Kier alpha value is -1.67. The van der Waals surface area contributed by atoms with Crippen LogP contribution in [0.4, 0.5) is 0 Å². The van der Waals surface area contributed by atoms with Crippen LogP contribution in [0.5, 0.6) is 5.88 Å². The molecule has 1 aromatic rings. The summed E-state index contributed by atoms with van der Waals surface area (Å²) in [6.07, 6.45) is 4.46. The maximum atomic E-state index is 12.1. The Labute approximate surface area is 130 Å². The minimum atomic E-state index is -3.28. The van der Waals surface area contributed by atoms with Gasteiger partial charge in [0.2, 0.25) is 15.9 Å². The van der Waals surface area contributed by atoms with E-state index in [4.69, 9.17) is 4.74 Å². The molecule has 122 valence electrons. The monoisotopic (exact) mass is 327 g/mol. The van der Waals surface area contributed by atoms with Gasteiger partial charge < -0.3 is 10.1 Å². The predicted octanol–water partition coefficient (Wildman–Crippen LogP) is 0.392. The second-order valence-electron chi connectivity index (χ2n) is 5.08. The molecule has 0 aromatic carbocycles. The van der Waals surface area contributed by atoms with E-state index in [0.29, 0.717) is 19.0 Å². The van der Waals surface area contributed by atoms with Crippen molar-refractivity contribution in [3.05, 3.63) is 24.4 Å². The minimum absolute atomic E-state index is 0.0810. The van der Waals surface area contributed by atoms with Gasteiger partial charge in [-0.25, -0.2) is 17.7 Å². The lowest BCUT2D eigenvalue weighted by molar-refractivity contribution is -0.123. The highest BCUT2D eigenvalue weighted by molar-refractivity contribution is 7.89. The van der Waals surface area contributed by atoms with Gasteiger partial charge in [0.15, 0.2) is 6.61 Å². The molecule has 1 fully saturated rings. The summed E-state index contributed by atoms with van der Waals surface area (Å²) in [5, 5.41) is 2.55. The van der Waals surface area contributed by atoms with E-state index in [1.54, 1.807) is 24.4 Å². The van der Waals surface area contributed by atoms with Gasteiger partial charge in [-0.3, -0.25) is 4.79 Å². The first-order chi connectivity index (χ1) is 10.6. The van der Waals surface area contributed by atoms with Gasteiger partial charge in [0.1, 0.15) is 0 Å². The Bertz CT molecular complexity index is 571. The number of carbonyl (C=O) groups is 1. The normalized spacial score (nSPS) is 16.2. The highest BCUT2D eigenvalue weighted by Crippen LogP contribution is 2.12. The van der Waals surface area contributed by atoms with Crippen LogP contribution in [0.2, 0.25) is 0 Å². The van der Waals surface area contributed by atoms with Gasteiger partial charge in [0.05, 0.1) is 5.75 Å². The number of carbonyl (C=O) groups excluding carboxylic acids is 1. The van der Waals surface area contributed by atoms with Gasteiger partial charge >= 0.3 is 0 Å². The summed E-state index contributed by atoms with van der Waals surface area (Å²) in [5.41, 5.74) is 0. The van der Waals surface area contributed by atoms with Crippen LogP contribution in [0, 0.1) is 0 Å². The van der Waals surface area contributed by atoms with Gasteiger partial charge in [-0.2, -0.15) is 0 Å². The Morgan fingerprint density at radius 1 is 1.27 bits per heavy atom. The molecule has 0 atom stereocenters. The van der Waals surface area contributed by atoms with E-state index in [1.165, 1.54) is 4.31 Å². The number of nitrogens with one attached hydrogen (secondary N) is 1. The summed E-state index contributed by atoms with van der Waals surface area (Å²) in [6, 6.07) is 5.15. The first-order valence-corrected chi connectivity index (χ1v) is 8.97. The minimum Gasteiger partial charge on any atom is -0.468 e. The number of hydrogen-bond donors (Lipinski definition) is 1. The molecular weight excluding hydrogens is 306 g/mol. The molecule has 1 N–H and O–H groups in total. The van der Waals surface area contributed by atoms with Crippen molar-refractivity contribution in [2.45, 2.75) is 19.3 Å². The van der Waals surface area contributed by atoms with E-state index in [1.807, 2.05) is 0 Å². The Morgan fingerprint density at radius 2 is 2.05 bits per heavy atom. The summed E-state index contributed by atoms with van der Waals surface area (Å²) in [5.74, 6) is -0.0828. The van der Waals surface area contributed by atoms with Crippen molar-refractivity contribution in [3.8, 4) is 5.88 Å². The molecule has 0 unspecified atom stereocenters. The lowest BCUT2D eigenvalue weighted by Gasteiger charge is -2.25. The molecule has 8 heteroatoms. The topological polar surface area (TPSA) is 88.6 Å². The van der Waals surface area contributed by atoms with E-state index in [9.17, 15) is 13.2 Å². The summed E-state index contributed by atoms with van der Waals surface area (Å²) in [7, 11) is -3.28. The fourth-order valence-corrected chi connectivity index (χ4v) is 3.65. The number of amides is 1. The molecular formula is C14H21N3O4S. The molecule has 0 spiro atoms. The number of piperidine rings is 1. The molecule has 1 saturated heterocycles. The highest BCUT2D eigenvalue weighted by atomic mass is 32.2. The van der Waals surface area contributed by atoms with Crippen molar-refractivity contribution in [1.82, 2.24) is 14.6 Å². The van der Waals surface area contributed by atoms with Crippen LogP contribution in [-0.4, -0.2) is 55.6 Å². The molecule has 1 aromatic heterocycles. The Balaban J connectivity index is 1.68. The average molecular weight is 327 g/mol. The molecule has 1 amide bonds. The number of hydrogen-bond acceptors (Lipinski definition) is 5. The number of rotatable bonds is 7. The molecule has 0 aliphatic carbocycles. The zero-order chi connectivity index (χ0) is 15.8. The summed E-state index contributed by atoms with van der Waals surface area (Å²) in [4.78, 5) is 15.5. The number of ether oxygens (including phenoxy) is 1. The lowest BCUT2D eigenvalue weighted by Crippen LogP contribution is -2.41. The number of sulfonamides is 1. The van der Waals surface area contributed by atoms with Gasteiger partial charge in [-0.05, 0) is 18.9 Å². The van der Waals surface area contributed by atoms with Crippen LogP contribution in [0.3, 0.4) is 0 Å². The quantitative estimate of drug-likeness (QED) is 0.783. The van der Waals surface area contributed by atoms with Crippen molar-refractivity contribution in [3.63, 3.8) is 0 Å². The first-order valence-electron chi connectivity index (χ1n) is 7.36. The zero-order valence-corrected chi connectivity index (χ0v) is 13.2.